The number of ether oxygens (including phenoxy) is 2. The Morgan fingerprint density at radius 2 is 1.58 bits per heavy atom. The number of likely N-dealkylation sites (N-methyl/N-ethyl adjacent to an activating group) is 1. The van der Waals surface area contributed by atoms with Crippen molar-refractivity contribution in [1.82, 2.24) is 9.80 Å². The van der Waals surface area contributed by atoms with Crippen molar-refractivity contribution in [1.29, 1.82) is 0 Å². The van der Waals surface area contributed by atoms with E-state index in [-0.39, 0.29) is 6.23 Å². The highest BCUT2D eigenvalue weighted by Gasteiger charge is 2.15. The van der Waals surface area contributed by atoms with E-state index in [1.54, 1.807) is 7.11 Å². The monoisotopic (exact) mass is 328 g/mol. The number of hydrogen-bond donors (Lipinski definition) is 0. The van der Waals surface area contributed by atoms with Crippen molar-refractivity contribution in [3.05, 3.63) is 65.7 Å². The van der Waals surface area contributed by atoms with Crippen molar-refractivity contribution in [2.45, 2.75) is 12.8 Å². The zero-order valence-electron chi connectivity index (χ0n) is 15.1. The van der Waals surface area contributed by atoms with Gasteiger partial charge in [0.15, 0.2) is 0 Å². The maximum absolute atomic E-state index is 6.11. The molecule has 0 aromatic heterocycles. The molecule has 0 fully saturated rings. The molecule has 0 aliphatic heterocycles. The first-order valence-corrected chi connectivity index (χ1v) is 8.24. The number of rotatable bonds is 9. The summed E-state index contributed by atoms with van der Waals surface area (Å²) in [5, 5.41) is 0. The van der Waals surface area contributed by atoms with Gasteiger partial charge in [-0.25, -0.2) is 0 Å². The normalized spacial score (nSPS) is 12.6. The van der Waals surface area contributed by atoms with Crippen molar-refractivity contribution in [3.8, 4) is 5.75 Å². The second kappa shape index (κ2) is 9.42. The zero-order chi connectivity index (χ0) is 17.4. The summed E-state index contributed by atoms with van der Waals surface area (Å²) in [5.74, 6) is 0.860. The molecular formula is C20H28N2O2. The van der Waals surface area contributed by atoms with Crippen LogP contribution in [-0.2, 0) is 11.3 Å². The van der Waals surface area contributed by atoms with Crippen LogP contribution in [-0.4, -0.2) is 51.2 Å². The molecule has 0 aliphatic carbocycles. The molecule has 1 unspecified atom stereocenters. The van der Waals surface area contributed by atoms with E-state index in [4.69, 9.17) is 9.47 Å². The van der Waals surface area contributed by atoms with E-state index in [1.807, 2.05) is 32.3 Å². The first-order chi connectivity index (χ1) is 11.6. The highest BCUT2D eigenvalue weighted by atomic mass is 16.5. The first-order valence-electron chi connectivity index (χ1n) is 8.24. The molecule has 0 saturated heterocycles. The molecule has 0 bridgehead atoms. The van der Waals surface area contributed by atoms with E-state index in [9.17, 15) is 0 Å². The Morgan fingerprint density at radius 1 is 0.917 bits per heavy atom. The lowest BCUT2D eigenvalue weighted by molar-refractivity contribution is -0.0442. The molecule has 0 spiro atoms. The maximum Gasteiger partial charge on any atom is 0.136 e. The summed E-state index contributed by atoms with van der Waals surface area (Å²) in [4.78, 5) is 4.36. The van der Waals surface area contributed by atoms with Crippen LogP contribution in [0.25, 0.3) is 0 Å². The Hall–Kier alpha value is -1.88. The third-order valence-electron chi connectivity index (χ3n) is 3.91. The fourth-order valence-electron chi connectivity index (χ4n) is 2.61. The zero-order valence-corrected chi connectivity index (χ0v) is 15.1. The Labute approximate surface area is 145 Å². The molecule has 0 saturated carbocycles. The molecule has 4 heteroatoms. The topological polar surface area (TPSA) is 24.9 Å². The number of benzene rings is 2. The first kappa shape index (κ1) is 18.5. The van der Waals surface area contributed by atoms with E-state index in [2.05, 4.69) is 53.2 Å². The van der Waals surface area contributed by atoms with Gasteiger partial charge in [0.2, 0.25) is 0 Å². The van der Waals surface area contributed by atoms with Gasteiger partial charge in [0.25, 0.3) is 0 Å². The molecular weight excluding hydrogens is 300 g/mol. The van der Waals surface area contributed by atoms with Crippen LogP contribution in [0.4, 0.5) is 0 Å². The average Bonchev–Trinajstić information content (AvgIpc) is 2.59. The lowest BCUT2D eigenvalue weighted by Gasteiger charge is -2.26. The van der Waals surface area contributed by atoms with Crippen LogP contribution in [0.2, 0.25) is 0 Å². The quantitative estimate of drug-likeness (QED) is 0.659. The molecule has 4 nitrogen and oxygen atoms in total. The third-order valence-corrected chi connectivity index (χ3v) is 3.91. The molecule has 0 radical (unpaired) electrons. The van der Waals surface area contributed by atoms with Crippen molar-refractivity contribution >= 4 is 0 Å². The molecule has 1 atom stereocenters. The summed E-state index contributed by atoms with van der Waals surface area (Å²) in [6.45, 7) is 2.49. The van der Waals surface area contributed by atoms with Crippen molar-refractivity contribution in [2.24, 2.45) is 0 Å². The lowest BCUT2D eigenvalue weighted by atomic mass is 10.2. The largest absolute Gasteiger partial charge is 0.497 e. The van der Waals surface area contributed by atoms with Gasteiger partial charge in [0, 0.05) is 13.1 Å². The predicted molar refractivity (Wildman–Crippen MR) is 98.2 cm³/mol. The fourth-order valence-corrected chi connectivity index (χ4v) is 2.61. The molecule has 0 amide bonds. The Morgan fingerprint density at radius 3 is 2.17 bits per heavy atom. The average molecular weight is 328 g/mol. The molecule has 24 heavy (non-hydrogen) atoms. The van der Waals surface area contributed by atoms with Crippen LogP contribution >= 0.6 is 0 Å². The standard InChI is InChI=1S/C20H28N2O2/c1-21(2)20(18-10-12-19(23-4)13-11-18)24-15-14-22(3)16-17-8-6-5-7-9-17/h5-13,20H,14-16H2,1-4H3. The second-order valence-electron chi connectivity index (χ2n) is 6.18. The van der Waals surface area contributed by atoms with Crippen LogP contribution < -0.4 is 4.74 Å². The summed E-state index contributed by atoms with van der Waals surface area (Å²) in [7, 11) is 7.86. The number of methoxy groups -OCH3 is 1. The molecule has 130 valence electrons. The van der Waals surface area contributed by atoms with Crippen LogP contribution in [0.15, 0.2) is 54.6 Å². The van der Waals surface area contributed by atoms with Crippen LogP contribution in [0.3, 0.4) is 0 Å². The molecule has 2 rings (SSSR count). The third kappa shape index (κ3) is 5.64. The maximum atomic E-state index is 6.11. The molecule has 2 aromatic rings. The smallest absolute Gasteiger partial charge is 0.136 e. The SMILES string of the molecule is COc1ccc(C(OCCN(C)Cc2ccccc2)N(C)C)cc1. The van der Waals surface area contributed by atoms with E-state index in [0.717, 1.165) is 24.4 Å². The van der Waals surface area contributed by atoms with Crippen LogP contribution in [0.1, 0.15) is 17.4 Å². The summed E-state index contributed by atoms with van der Waals surface area (Å²) >= 11 is 0. The summed E-state index contributed by atoms with van der Waals surface area (Å²) in [5.41, 5.74) is 2.45. The summed E-state index contributed by atoms with van der Waals surface area (Å²) in [6.07, 6.45) is -0.0546. The van der Waals surface area contributed by atoms with Gasteiger partial charge in [-0.1, -0.05) is 42.5 Å². The Kier molecular flexibility index (Phi) is 7.25. The van der Waals surface area contributed by atoms with Crippen molar-refractivity contribution in [3.63, 3.8) is 0 Å². The minimum absolute atomic E-state index is 0.0546. The van der Waals surface area contributed by atoms with Crippen LogP contribution in [0.5, 0.6) is 5.75 Å². The van der Waals surface area contributed by atoms with Gasteiger partial charge in [-0.15, -0.1) is 0 Å². The van der Waals surface area contributed by atoms with Gasteiger partial charge in [-0.05, 0) is 44.4 Å². The van der Waals surface area contributed by atoms with E-state index < -0.39 is 0 Å². The van der Waals surface area contributed by atoms with Gasteiger partial charge < -0.3 is 9.47 Å². The fraction of sp³-hybridized carbons (Fsp3) is 0.400. The molecule has 0 N–H and O–H groups in total. The minimum atomic E-state index is -0.0546. The molecule has 0 heterocycles. The van der Waals surface area contributed by atoms with Gasteiger partial charge >= 0.3 is 0 Å². The molecule has 2 aromatic carbocycles. The second-order valence-corrected chi connectivity index (χ2v) is 6.18. The lowest BCUT2D eigenvalue weighted by Crippen LogP contribution is -2.28. The number of nitrogens with zero attached hydrogens (tertiary/aromatic N) is 2. The van der Waals surface area contributed by atoms with Gasteiger partial charge in [0.1, 0.15) is 12.0 Å². The Bertz CT molecular complexity index is 584. The van der Waals surface area contributed by atoms with Gasteiger partial charge in [-0.3, -0.25) is 9.80 Å². The Balaban J connectivity index is 1.84. The van der Waals surface area contributed by atoms with E-state index in [0.29, 0.717) is 6.61 Å². The minimum Gasteiger partial charge on any atom is -0.497 e. The van der Waals surface area contributed by atoms with Crippen molar-refractivity contribution in [2.75, 3.05) is 41.4 Å². The van der Waals surface area contributed by atoms with E-state index >= 15 is 0 Å². The van der Waals surface area contributed by atoms with Gasteiger partial charge in [-0.2, -0.15) is 0 Å². The van der Waals surface area contributed by atoms with Crippen molar-refractivity contribution < 1.29 is 9.47 Å². The van der Waals surface area contributed by atoms with E-state index in [1.165, 1.54) is 5.56 Å². The summed E-state index contributed by atoms with van der Waals surface area (Å²) < 4.78 is 11.3. The highest BCUT2D eigenvalue weighted by molar-refractivity contribution is 5.28. The summed E-state index contributed by atoms with van der Waals surface area (Å²) in [6, 6.07) is 18.5. The van der Waals surface area contributed by atoms with Gasteiger partial charge in [0.05, 0.1) is 13.7 Å². The predicted octanol–water partition coefficient (Wildman–Crippen LogP) is 3.40. The number of hydrogen-bond acceptors (Lipinski definition) is 4. The highest BCUT2D eigenvalue weighted by Crippen LogP contribution is 2.22. The molecule has 0 aliphatic rings. The van der Waals surface area contributed by atoms with Crippen LogP contribution in [0, 0.1) is 0 Å².